The number of halogens is 2. The topological polar surface area (TPSA) is 12.0 Å². The maximum Gasteiger partial charge on any atom is 0.123 e. The smallest absolute Gasteiger partial charge is 0.123 e. The van der Waals surface area contributed by atoms with Crippen molar-refractivity contribution in [2.45, 2.75) is 32.7 Å². The lowest BCUT2D eigenvalue weighted by atomic mass is 9.95. The van der Waals surface area contributed by atoms with Gasteiger partial charge in [0.15, 0.2) is 0 Å². The fourth-order valence-corrected chi connectivity index (χ4v) is 2.54. The van der Waals surface area contributed by atoms with E-state index in [1.54, 1.807) is 18.2 Å². The van der Waals surface area contributed by atoms with Crippen molar-refractivity contribution in [3.8, 4) is 0 Å². The molecule has 21 heavy (non-hydrogen) atoms. The van der Waals surface area contributed by atoms with Crippen LogP contribution in [0.5, 0.6) is 0 Å². The van der Waals surface area contributed by atoms with Gasteiger partial charge in [0.1, 0.15) is 11.6 Å². The Morgan fingerprint density at radius 1 is 1.05 bits per heavy atom. The van der Waals surface area contributed by atoms with Gasteiger partial charge in [0, 0.05) is 6.04 Å². The van der Waals surface area contributed by atoms with Gasteiger partial charge in [0.25, 0.3) is 0 Å². The molecule has 1 N–H and O–H groups in total. The molecule has 2 aromatic carbocycles. The number of benzene rings is 2. The molecule has 0 saturated heterocycles. The van der Waals surface area contributed by atoms with Crippen LogP contribution in [0.4, 0.5) is 8.78 Å². The summed E-state index contributed by atoms with van der Waals surface area (Å²) < 4.78 is 26.6. The standard InChI is InChI=1S/C18H21F2N/c1-3-9-21-18(12-14-5-4-6-15(19)11-14)17-8-7-16(20)10-13(17)2/h4-8,10-11,18,21H,3,9,12H2,1-2H3. The highest BCUT2D eigenvalue weighted by Gasteiger charge is 2.14. The Hall–Kier alpha value is -1.74. The van der Waals surface area contributed by atoms with E-state index in [9.17, 15) is 8.78 Å². The van der Waals surface area contributed by atoms with Crippen molar-refractivity contribution >= 4 is 0 Å². The second kappa shape index (κ2) is 7.32. The predicted octanol–water partition coefficient (Wildman–Crippen LogP) is 4.56. The van der Waals surface area contributed by atoms with Crippen LogP contribution >= 0.6 is 0 Å². The van der Waals surface area contributed by atoms with Gasteiger partial charge in [-0.15, -0.1) is 0 Å². The first-order valence-corrected chi connectivity index (χ1v) is 7.34. The predicted molar refractivity (Wildman–Crippen MR) is 82.3 cm³/mol. The Labute approximate surface area is 125 Å². The zero-order valence-electron chi connectivity index (χ0n) is 12.5. The average Bonchev–Trinajstić information content (AvgIpc) is 2.44. The van der Waals surface area contributed by atoms with Gasteiger partial charge in [0.05, 0.1) is 0 Å². The van der Waals surface area contributed by atoms with Gasteiger partial charge in [0.2, 0.25) is 0 Å². The summed E-state index contributed by atoms with van der Waals surface area (Å²) in [5, 5.41) is 3.47. The van der Waals surface area contributed by atoms with Crippen LogP contribution in [0.3, 0.4) is 0 Å². The Kier molecular flexibility index (Phi) is 5.45. The molecule has 112 valence electrons. The van der Waals surface area contributed by atoms with E-state index in [1.807, 2.05) is 19.1 Å². The molecule has 0 spiro atoms. The van der Waals surface area contributed by atoms with Crippen molar-refractivity contribution in [2.75, 3.05) is 6.54 Å². The van der Waals surface area contributed by atoms with Crippen LogP contribution in [0, 0.1) is 18.6 Å². The largest absolute Gasteiger partial charge is 0.310 e. The molecule has 3 heteroatoms. The summed E-state index contributed by atoms with van der Waals surface area (Å²) in [6, 6.07) is 11.5. The van der Waals surface area contributed by atoms with Gasteiger partial charge < -0.3 is 5.32 Å². The summed E-state index contributed by atoms with van der Waals surface area (Å²) >= 11 is 0. The molecular formula is C18H21F2N. The molecule has 0 heterocycles. The van der Waals surface area contributed by atoms with E-state index < -0.39 is 0 Å². The summed E-state index contributed by atoms with van der Waals surface area (Å²) in [4.78, 5) is 0. The summed E-state index contributed by atoms with van der Waals surface area (Å²) in [5.74, 6) is -0.450. The number of nitrogens with one attached hydrogen (secondary N) is 1. The van der Waals surface area contributed by atoms with Crippen LogP contribution in [0.1, 0.15) is 36.1 Å². The molecule has 0 fully saturated rings. The van der Waals surface area contributed by atoms with E-state index in [0.29, 0.717) is 6.42 Å². The molecule has 0 saturated carbocycles. The van der Waals surface area contributed by atoms with E-state index in [0.717, 1.165) is 29.7 Å². The normalized spacial score (nSPS) is 12.4. The lowest BCUT2D eigenvalue weighted by Gasteiger charge is -2.21. The molecule has 0 aliphatic carbocycles. The first-order chi connectivity index (χ1) is 10.1. The third-order valence-electron chi connectivity index (χ3n) is 3.58. The number of hydrogen-bond acceptors (Lipinski definition) is 1. The van der Waals surface area contributed by atoms with Gasteiger partial charge in [-0.05, 0) is 67.3 Å². The molecule has 1 nitrogen and oxygen atoms in total. The lowest BCUT2D eigenvalue weighted by molar-refractivity contribution is 0.523. The number of hydrogen-bond donors (Lipinski definition) is 1. The van der Waals surface area contributed by atoms with Crippen LogP contribution in [0.2, 0.25) is 0 Å². The minimum Gasteiger partial charge on any atom is -0.310 e. The molecule has 0 aliphatic heterocycles. The van der Waals surface area contributed by atoms with Gasteiger partial charge in [-0.3, -0.25) is 0 Å². The molecule has 0 amide bonds. The van der Waals surface area contributed by atoms with Crippen LogP contribution in [-0.4, -0.2) is 6.54 Å². The van der Waals surface area contributed by atoms with Crippen molar-refractivity contribution in [3.05, 3.63) is 70.8 Å². The second-order valence-electron chi connectivity index (χ2n) is 5.34. The zero-order valence-corrected chi connectivity index (χ0v) is 12.5. The van der Waals surface area contributed by atoms with E-state index in [2.05, 4.69) is 12.2 Å². The van der Waals surface area contributed by atoms with Gasteiger partial charge in [-0.25, -0.2) is 8.78 Å². The molecule has 1 atom stereocenters. The third-order valence-corrected chi connectivity index (χ3v) is 3.58. The lowest BCUT2D eigenvalue weighted by Crippen LogP contribution is -2.25. The van der Waals surface area contributed by atoms with Crippen LogP contribution in [-0.2, 0) is 6.42 Å². The van der Waals surface area contributed by atoms with Gasteiger partial charge in [-0.2, -0.15) is 0 Å². The van der Waals surface area contributed by atoms with Crippen molar-refractivity contribution in [3.63, 3.8) is 0 Å². The van der Waals surface area contributed by atoms with Crippen LogP contribution < -0.4 is 5.32 Å². The van der Waals surface area contributed by atoms with Crippen molar-refractivity contribution in [1.82, 2.24) is 5.32 Å². The Morgan fingerprint density at radius 2 is 1.81 bits per heavy atom. The summed E-state index contributed by atoms with van der Waals surface area (Å²) in [5.41, 5.74) is 2.92. The minimum absolute atomic E-state index is 0.0624. The molecule has 2 aromatic rings. The van der Waals surface area contributed by atoms with Gasteiger partial charge in [-0.1, -0.05) is 25.1 Å². The Balaban J connectivity index is 2.25. The monoisotopic (exact) mass is 289 g/mol. The van der Waals surface area contributed by atoms with E-state index in [1.165, 1.54) is 12.1 Å². The van der Waals surface area contributed by atoms with Crippen molar-refractivity contribution in [2.24, 2.45) is 0 Å². The van der Waals surface area contributed by atoms with E-state index in [4.69, 9.17) is 0 Å². The number of rotatable bonds is 6. The minimum atomic E-state index is -0.226. The quantitative estimate of drug-likeness (QED) is 0.822. The van der Waals surface area contributed by atoms with Crippen LogP contribution in [0.15, 0.2) is 42.5 Å². The van der Waals surface area contributed by atoms with E-state index >= 15 is 0 Å². The summed E-state index contributed by atoms with van der Waals surface area (Å²) in [6.45, 7) is 4.88. The zero-order chi connectivity index (χ0) is 15.2. The summed E-state index contributed by atoms with van der Waals surface area (Å²) in [6.07, 6.45) is 1.70. The number of aryl methyl sites for hydroxylation is 1. The fraction of sp³-hybridized carbons (Fsp3) is 0.333. The van der Waals surface area contributed by atoms with Crippen molar-refractivity contribution < 1.29 is 8.78 Å². The highest BCUT2D eigenvalue weighted by atomic mass is 19.1. The Morgan fingerprint density at radius 3 is 2.48 bits per heavy atom. The van der Waals surface area contributed by atoms with Crippen LogP contribution in [0.25, 0.3) is 0 Å². The highest BCUT2D eigenvalue weighted by molar-refractivity contribution is 5.31. The molecule has 0 radical (unpaired) electrons. The molecule has 0 aliphatic rings. The highest BCUT2D eigenvalue weighted by Crippen LogP contribution is 2.23. The SMILES string of the molecule is CCCNC(Cc1cccc(F)c1)c1ccc(F)cc1C. The fourth-order valence-electron chi connectivity index (χ4n) is 2.54. The average molecular weight is 289 g/mol. The Bertz CT molecular complexity index is 596. The molecule has 0 aromatic heterocycles. The maximum absolute atomic E-state index is 13.3. The van der Waals surface area contributed by atoms with E-state index in [-0.39, 0.29) is 17.7 Å². The molecular weight excluding hydrogens is 268 g/mol. The third kappa shape index (κ3) is 4.36. The first kappa shape index (κ1) is 15.6. The summed E-state index contributed by atoms with van der Waals surface area (Å²) in [7, 11) is 0. The molecule has 1 unspecified atom stereocenters. The van der Waals surface area contributed by atoms with Gasteiger partial charge >= 0.3 is 0 Å². The van der Waals surface area contributed by atoms with Crippen molar-refractivity contribution in [1.29, 1.82) is 0 Å². The second-order valence-corrected chi connectivity index (χ2v) is 5.34. The first-order valence-electron chi connectivity index (χ1n) is 7.34. The molecule has 2 rings (SSSR count). The molecule has 0 bridgehead atoms. The maximum atomic E-state index is 13.3.